The highest BCUT2D eigenvalue weighted by molar-refractivity contribution is 5.27. The molecule has 1 N–H and O–H groups in total. The summed E-state index contributed by atoms with van der Waals surface area (Å²) in [6.45, 7) is 4.60. The number of hydrogen-bond donors (Lipinski definition) is 1. The summed E-state index contributed by atoms with van der Waals surface area (Å²) in [7, 11) is 1.71. The summed E-state index contributed by atoms with van der Waals surface area (Å²) in [5.41, 5.74) is 2.00. The molecule has 0 bridgehead atoms. The first-order valence-corrected chi connectivity index (χ1v) is 7.12. The average molecular weight is 247 g/mol. The Bertz CT molecular complexity index is 348. The molecule has 0 aromatic heterocycles. The Labute approximate surface area is 111 Å². The lowest BCUT2D eigenvalue weighted by Crippen LogP contribution is -2.40. The molecule has 0 unspecified atom stereocenters. The lowest BCUT2D eigenvalue weighted by atomic mass is 9.67. The number of benzene rings is 1. The lowest BCUT2D eigenvalue weighted by molar-refractivity contribution is 0.124. The van der Waals surface area contributed by atoms with E-state index in [1.807, 2.05) is 12.1 Å². The predicted octanol–water partition coefficient (Wildman–Crippen LogP) is 3.41. The summed E-state index contributed by atoms with van der Waals surface area (Å²) in [5, 5.41) is 3.62. The molecule has 0 spiro atoms. The molecule has 1 aromatic rings. The summed E-state index contributed by atoms with van der Waals surface area (Å²) in [6.07, 6.45) is 6.68. The molecule has 2 rings (SSSR count). The van der Waals surface area contributed by atoms with Gasteiger partial charge in [-0.15, -0.1) is 0 Å². The first kappa shape index (κ1) is 13.4. The van der Waals surface area contributed by atoms with E-state index in [1.165, 1.54) is 37.8 Å². The fourth-order valence-corrected chi connectivity index (χ4v) is 2.71. The van der Waals surface area contributed by atoms with Crippen LogP contribution >= 0.6 is 0 Å². The molecule has 1 aliphatic carbocycles. The molecule has 2 nitrogen and oxygen atoms in total. The van der Waals surface area contributed by atoms with Gasteiger partial charge < -0.3 is 10.1 Å². The van der Waals surface area contributed by atoms with E-state index in [4.69, 9.17) is 4.74 Å². The first-order chi connectivity index (χ1) is 8.78. The van der Waals surface area contributed by atoms with Crippen molar-refractivity contribution in [1.82, 2.24) is 5.32 Å². The van der Waals surface area contributed by atoms with Crippen LogP contribution in [0.4, 0.5) is 0 Å². The highest BCUT2D eigenvalue weighted by Crippen LogP contribution is 2.42. The second-order valence-corrected chi connectivity index (χ2v) is 5.48. The normalized spacial score (nSPS) is 17.2. The van der Waals surface area contributed by atoms with Gasteiger partial charge in [-0.3, -0.25) is 0 Å². The van der Waals surface area contributed by atoms with Gasteiger partial charge in [0.1, 0.15) is 5.75 Å². The molecule has 18 heavy (non-hydrogen) atoms. The number of ether oxygens (including phenoxy) is 1. The lowest BCUT2D eigenvalue weighted by Gasteiger charge is -2.41. The summed E-state index contributed by atoms with van der Waals surface area (Å²) in [6, 6.07) is 8.38. The van der Waals surface area contributed by atoms with E-state index < -0.39 is 0 Å². The number of hydrogen-bond acceptors (Lipinski definition) is 2. The Morgan fingerprint density at radius 2 is 1.94 bits per heavy atom. The van der Waals surface area contributed by atoms with Crippen molar-refractivity contribution in [3.63, 3.8) is 0 Å². The van der Waals surface area contributed by atoms with Gasteiger partial charge >= 0.3 is 0 Å². The number of nitrogens with one attached hydrogen (secondary N) is 1. The van der Waals surface area contributed by atoms with Crippen molar-refractivity contribution < 1.29 is 4.74 Å². The molecular weight excluding hydrogens is 222 g/mol. The van der Waals surface area contributed by atoms with Crippen LogP contribution in [0.3, 0.4) is 0 Å². The monoisotopic (exact) mass is 247 g/mol. The van der Waals surface area contributed by atoms with Crippen LogP contribution in [-0.2, 0) is 6.42 Å². The summed E-state index contributed by atoms with van der Waals surface area (Å²) < 4.78 is 5.16. The molecule has 2 heteroatoms. The van der Waals surface area contributed by atoms with E-state index in [9.17, 15) is 0 Å². The molecule has 0 radical (unpaired) electrons. The minimum Gasteiger partial charge on any atom is -0.497 e. The van der Waals surface area contributed by atoms with Crippen LogP contribution in [0.5, 0.6) is 5.75 Å². The van der Waals surface area contributed by atoms with Crippen molar-refractivity contribution >= 4 is 0 Å². The van der Waals surface area contributed by atoms with Crippen LogP contribution < -0.4 is 10.1 Å². The van der Waals surface area contributed by atoms with Gasteiger partial charge in [0.25, 0.3) is 0 Å². The van der Waals surface area contributed by atoms with Gasteiger partial charge in [0.2, 0.25) is 0 Å². The Morgan fingerprint density at radius 1 is 1.22 bits per heavy atom. The van der Waals surface area contributed by atoms with Crippen molar-refractivity contribution in [2.24, 2.45) is 5.41 Å². The second kappa shape index (κ2) is 6.24. The van der Waals surface area contributed by atoms with Gasteiger partial charge in [-0.2, -0.15) is 0 Å². The summed E-state index contributed by atoms with van der Waals surface area (Å²) in [4.78, 5) is 0. The maximum atomic E-state index is 5.16. The SMILES string of the molecule is CCC1(CNCCc2ccc(OC)cc2)CCC1. The van der Waals surface area contributed by atoms with E-state index in [0.29, 0.717) is 5.41 Å². The fraction of sp³-hybridized carbons (Fsp3) is 0.625. The van der Waals surface area contributed by atoms with Crippen molar-refractivity contribution in [3.8, 4) is 5.75 Å². The quantitative estimate of drug-likeness (QED) is 0.746. The van der Waals surface area contributed by atoms with Crippen molar-refractivity contribution in [3.05, 3.63) is 29.8 Å². The minimum absolute atomic E-state index is 0.625. The van der Waals surface area contributed by atoms with Crippen LogP contribution in [0.15, 0.2) is 24.3 Å². The third-order valence-electron chi connectivity index (χ3n) is 4.41. The summed E-state index contributed by atoms with van der Waals surface area (Å²) in [5.74, 6) is 0.936. The maximum Gasteiger partial charge on any atom is 0.118 e. The molecule has 1 aromatic carbocycles. The van der Waals surface area contributed by atoms with Gasteiger partial charge in [0.15, 0.2) is 0 Å². The zero-order chi connectivity index (χ0) is 12.8. The summed E-state index contributed by atoms with van der Waals surface area (Å²) >= 11 is 0. The standard InChI is InChI=1S/C16H25NO/c1-3-16(10-4-11-16)13-17-12-9-14-5-7-15(18-2)8-6-14/h5-8,17H,3-4,9-13H2,1-2H3. The van der Waals surface area contributed by atoms with Crippen LogP contribution in [0.1, 0.15) is 38.2 Å². The van der Waals surface area contributed by atoms with Crippen molar-refractivity contribution in [1.29, 1.82) is 0 Å². The molecule has 1 saturated carbocycles. The molecule has 1 aliphatic rings. The van der Waals surface area contributed by atoms with Crippen LogP contribution in [0, 0.1) is 5.41 Å². The topological polar surface area (TPSA) is 21.3 Å². The van der Waals surface area contributed by atoms with Gasteiger partial charge in [-0.05, 0) is 55.3 Å². The Kier molecular flexibility index (Phi) is 4.65. The largest absolute Gasteiger partial charge is 0.497 e. The molecule has 0 aliphatic heterocycles. The average Bonchev–Trinajstić information content (AvgIpc) is 2.38. The Morgan fingerprint density at radius 3 is 2.44 bits per heavy atom. The molecule has 0 heterocycles. The third-order valence-corrected chi connectivity index (χ3v) is 4.41. The Hall–Kier alpha value is -1.02. The first-order valence-electron chi connectivity index (χ1n) is 7.12. The predicted molar refractivity (Wildman–Crippen MR) is 76.1 cm³/mol. The number of methoxy groups -OCH3 is 1. The molecule has 1 fully saturated rings. The molecule has 100 valence electrons. The van der Waals surface area contributed by atoms with Gasteiger partial charge in [-0.25, -0.2) is 0 Å². The van der Waals surface area contributed by atoms with Gasteiger partial charge in [0, 0.05) is 6.54 Å². The smallest absolute Gasteiger partial charge is 0.118 e. The van der Waals surface area contributed by atoms with Gasteiger partial charge in [0.05, 0.1) is 7.11 Å². The van der Waals surface area contributed by atoms with E-state index >= 15 is 0 Å². The highest BCUT2D eigenvalue weighted by Gasteiger charge is 2.34. The van der Waals surface area contributed by atoms with Crippen molar-refractivity contribution in [2.75, 3.05) is 20.2 Å². The molecular formula is C16H25NO. The molecule has 0 saturated heterocycles. The van der Waals surface area contributed by atoms with E-state index in [0.717, 1.165) is 18.7 Å². The molecule has 0 amide bonds. The minimum atomic E-state index is 0.625. The van der Waals surface area contributed by atoms with E-state index in [2.05, 4.69) is 24.4 Å². The zero-order valence-corrected chi connectivity index (χ0v) is 11.7. The Balaban J connectivity index is 1.68. The van der Waals surface area contributed by atoms with Crippen LogP contribution in [0.25, 0.3) is 0 Å². The second-order valence-electron chi connectivity index (χ2n) is 5.48. The third kappa shape index (κ3) is 3.26. The fourth-order valence-electron chi connectivity index (χ4n) is 2.71. The molecule has 0 atom stereocenters. The van der Waals surface area contributed by atoms with E-state index in [-0.39, 0.29) is 0 Å². The van der Waals surface area contributed by atoms with Crippen LogP contribution in [-0.4, -0.2) is 20.2 Å². The number of rotatable bonds is 7. The van der Waals surface area contributed by atoms with Gasteiger partial charge in [-0.1, -0.05) is 25.5 Å². The van der Waals surface area contributed by atoms with E-state index in [1.54, 1.807) is 7.11 Å². The van der Waals surface area contributed by atoms with Crippen molar-refractivity contribution in [2.45, 2.75) is 39.0 Å². The van der Waals surface area contributed by atoms with Crippen LogP contribution in [0.2, 0.25) is 0 Å². The zero-order valence-electron chi connectivity index (χ0n) is 11.7. The highest BCUT2D eigenvalue weighted by atomic mass is 16.5. The maximum absolute atomic E-state index is 5.16.